The van der Waals surface area contributed by atoms with Gasteiger partial charge in [0.2, 0.25) is 23.6 Å². The monoisotopic (exact) mass is 561 g/mol. The number of nitrogens with two attached hydrogens (primary N) is 2. The minimum absolute atomic E-state index is 0.0187. The first-order chi connectivity index (χ1) is 19.7. The number of para-hydroxylation sites is 2. The zero-order valence-electron chi connectivity index (χ0n) is 22.0. The Morgan fingerprint density at radius 3 is 1.66 bits per heavy atom. The largest absolute Gasteiger partial charge is 0.480 e. The topological polar surface area (TPSA) is 225 Å². The number of hydrogen-bond acceptors (Lipinski definition) is 6. The smallest absolute Gasteiger partial charge is 0.326 e. The number of fused-ring (bicyclic) bond motifs is 2. The summed E-state index contributed by atoms with van der Waals surface area (Å²) in [5.74, 6) is -4.47. The Labute approximate surface area is 234 Å². The zero-order valence-corrected chi connectivity index (χ0v) is 22.0. The van der Waals surface area contributed by atoms with Gasteiger partial charge in [-0.3, -0.25) is 19.2 Å². The Morgan fingerprint density at radius 1 is 0.732 bits per heavy atom. The summed E-state index contributed by atoms with van der Waals surface area (Å²) < 4.78 is 0. The highest BCUT2D eigenvalue weighted by atomic mass is 16.4. The number of carbonyl (C=O) groups excluding carboxylic acids is 4. The number of rotatable bonds is 13. The van der Waals surface area contributed by atoms with Crippen LogP contribution >= 0.6 is 0 Å². The van der Waals surface area contributed by atoms with Gasteiger partial charge in [0.25, 0.3) is 0 Å². The lowest BCUT2D eigenvalue weighted by atomic mass is 10.0. The summed E-state index contributed by atoms with van der Waals surface area (Å²) in [5.41, 5.74) is 13.7. The molecule has 0 fully saturated rings. The molecule has 2 aromatic carbocycles. The van der Waals surface area contributed by atoms with Gasteiger partial charge >= 0.3 is 5.97 Å². The predicted octanol–water partition coefficient (Wildman–Crippen LogP) is -0.192. The van der Waals surface area contributed by atoms with E-state index < -0.39 is 54.1 Å². The third kappa shape index (κ3) is 7.08. The third-order valence-corrected chi connectivity index (χ3v) is 6.69. The lowest BCUT2D eigenvalue weighted by molar-refractivity contribution is -0.143. The maximum absolute atomic E-state index is 13.6. The van der Waals surface area contributed by atoms with E-state index in [1.807, 2.05) is 48.5 Å². The molecular formula is C28H31N7O6. The molecule has 0 bridgehead atoms. The Morgan fingerprint density at radius 2 is 1.20 bits per heavy atom. The average Bonchev–Trinajstić information content (AvgIpc) is 3.55. The number of carboxylic acid groups (broad SMARTS) is 1. The minimum atomic E-state index is -1.60. The molecule has 2 heterocycles. The molecule has 0 aliphatic rings. The maximum Gasteiger partial charge on any atom is 0.326 e. The van der Waals surface area contributed by atoms with Crippen molar-refractivity contribution in [3.8, 4) is 0 Å². The highest BCUT2D eigenvalue weighted by Gasteiger charge is 2.31. The second-order valence-electron chi connectivity index (χ2n) is 9.58. The van der Waals surface area contributed by atoms with E-state index in [-0.39, 0.29) is 19.4 Å². The van der Waals surface area contributed by atoms with E-state index >= 15 is 0 Å². The zero-order chi connectivity index (χ0) is 29.5. The number of H-pyrrole nitrogens is 2. The van der Waals surface area contributed by atoms with Crippen LogP contribution in [0.15, 0.2) is 60.9 Å². The van der Waals surface area contributed by atoms with E-state index in [0.717, 1.165) is 27.4 Å². The molecule has 13 heteroatoms. The molecule has 0 saturated heterocycles. The van der Waals surface area contributed by atoms with Crippen LogP contribution in [0.1, 0.15) is 17.5 Å². The van der Waals surface area contributed by atoms with Gasteiger partial charge in [-0.15, -0.1) is 0 Å². The molecule has 0 aliphatic heterocycles. The summed E-state index contributed by atoms with van der Waals surface area (Å²) in [6.07, 6.45) is 2.86. The molecule has 4 aromatic rings. The van der Waals surface area contributed by atoms with Crippen molar-refractivity contribution in [1.29, 1.82) is 0 Å². The number of nitrogens with one attached hydrogen (secondary N) is 5. The Hall–Kier alpha value is -5.17. The first-order valence-electron chi connectivity index (χ1n) is 12.9. The van der Waals surface area contributed by atoms with Crippen LogP contribution in [0.25, 0.3) is 21.8 Å². The molecule has 4 amide bonds. The van der Waals surface area contributed by atoms with Crippen LogP contribution < -0.4 is 27.4 Å². The fourth-order valence-corrected chi connectivity index (χ4v) is 4.66. The molecule has 0 radical (unpaired) electrons. The van der Waals surface area contributed by atoms with Crippen molar-refractivity contribution >= 4 is 51.4 Å². The van der Waals surface area contributed by atoms with Crippen LogP contribution in [0.4, 0.5) is 0 Å². The van der Waals surface area contributed by atoms with Gasteiger partial charge < -0.3 is 42.5 Å². The molecule has 214 valence electrons. The van der Waals surface area contributed by atoms with Gasteiger partial charge in [-0.1, -0.05) is 36.4 Å². The SMILES string of the molecule is NCC(=O)NC(Cc1c[nH]c2ccccc12)C(=O)NC(Cc1c[nH]c2ccccc12)C(=O)NC(CC(N)=O)C(=O)O. The van der Waals surface area contributed by atoms with Crippen molar-refractivity contribution in [1.82, 2.24) is 25.9 Å². The lowest BCUT2D eigenvalue weighted by Crippen LogP contribution is -2.57. The third-order valence-electron chi connectivity index (χ3n) is 6.69. The number of primary amides is 1. The second-order valence-corrected chi connectivity index (χ2v) is 9.58. The first kappa shape index (κ1) is 28.8. The van der Waals surface area contributed by atoms with E-state index in [2.05, 4.69) is 25.9 Å². The van der Waals surface area contributed by atoms with Crippen molar-refractivity contribution in [2.45, 2.75) is 37.4 Å². The summed E-state index contributed by atoms with van der Waals surface area (Å²) in [6, 6.07) is 10.8. The van der Waals surface area contributed by atoms with Crippen LogP contribution in [-0.4, -0.2) is 69.3 Å². The van der Waals surface area contributed by atoms with Gasteiger partial charge in [-0.25, -0.2) is 4.79 Å². The van der Waals surface area contributed by atoms with Crippen LogP contribution in [-0.2, 0) is 36.8 Å². The molecule has 41 heavy (non-hydrogen) atoms. The molecule has 3 atom stereocenters. The van der Waals surface area contributed by atoms with Crippen LogP contribution in [0.5, 0.6) is 0 Å². The average molecular weight is 562 g/mol. The highest BCUT2D eigenvalue weighted by Crippen LogP contribution is 2.21. The number of aromatic nitrogens is 2. The number of benzene rings is 2. The molecular weight excluding hydrogens is 530 g/mol. The molecule has 0 aliphatic carbocycles. The summed E-state index contributed by atoms with van der Waals surface area (Å²) in [6.45, 7) is -0.357. The lowest BCUT2D eigenvalue weighted by Gasteiger charge is -2.24. The summed E-state index contributed by atoms with van der Waals surface area (Å²) >= 11 is 0. The van der Waals surface area contributed by atoms with E-state index in [0.29, 0.717) is 5.56 Å². The van der Waals surface area contributed by atoms with E-state index in [4.69, 9.17) is 11.5 Å². The summed E-state index contributed by atoms with van der Waals surface area (Å²) in [5, 5.41) is 18.7. The number of carboxylic acids is 1. The Balaban J connectivity index is 1.62. The fourth-order valence-electron chi connectivity index (χ4n) is 4.66. The Kier molecular flexibility index (Phi) is 8.99. The number of aromatic amines is 2. The van der Waals surface area contributed by atoms with Gasteiger partial charge in [-0.2, -0.15) is 0 Å². The standard InChI is InChI=1S/C28H31N7O6/c29-12-25(37)33-21(9-15-13-31-19-7-3-1-5-17(15)19)26(38)34-22(27(39)35-23(28(40)41)11-24(30)36)10-16-14-32-20-8-4-2-6-18(16)20/h1-8,13-14,21-23,31-32H,9-12,29H2,(H2,30,36)(H,33,37)(H,34,38)(H,35,39)(H,40,41). The van der Waals surface area contributed by atoms with Gasteiger partial charge in [-0.05, 0) is 23.3 Å². The summed E-state index contributed by atoms with van der Waals surface area (Å²) in [7, 11) is 0. The highest BCUT2D eigenvalue weighted by molar-refractivity contribution is 5.96. The van der Waals surface area contributed by atoms with Gasteiger partial charge in [0, 0.05) is 47.0 Å². The van der Waals surface area contributed by atoms with Crippen LogP contribution in [0, 0.1) is 0 Å². The fraction of sp³-hybridized carbons (Fsp3) is 0.250. The van der Waals surface area contributed by atoms with Crippen molar-refractivity contribution in [2.75, 3.05) is 6.54 Å². The van der Waals surface area contributed by atoms with Crippen LogP contribution in [0.3, 0.4) is 0 Å². The molecule has 10 N–H and O–H groups in total. The van der Waals surface area contributed by atoms with Crippen molar-refractivity contribution < 1.29 is 29.1 Å². The van der Waals surface area contributed by atoms with Gasteiger partial charge in [0.05, 0.1) is 13.0 Å². The Bertz CT molecular complexity index is 1590. The maximum atomic E-state index is 13.6. The normalized spacial score (nSPS) is 13.3. The number of carbonyl (C=O) groups is 5. The first-order valence-corrected chi connectivity index (χ1v) is 12.9. The number of hydrogen-bond donors (Lipinski definition) is 8. The van der Waals surface area contributed by atoms with Gasteiger partial charge in [0.1, 0.15) is 18.1 Å². The quantitative estimate of drug-likeness (QED) is 0.110. The van der Waals surface area contributed by atoms with Gasteiger partial charge in [0.15, 0.2) is 0 Å². The number of amides is 4. The van der Waals surface area contributed by atoms with Crippen molar-refractivity contribution in [3.05, 3.63) is 72.1 Å². The molecule has 4 rings (SSSR count). The summed E-state index contributed by atoms with van der Waals surface area (Å²) in [4.78, 5) is 68.5. The molecule has 0 saturated carbocycles. The van der Waals surface area contributed by atoms with Crippen LogP contribution in [0.2, 0.25) is 0 Å². The molecule has 13 nitrogen and oxygen atoms in total. The predicted molar refractivity (Wildman–Crippen MR) is 150 cm³/mol. The van der Waals surface area contributed by atoms with E-state index in [1.54, 1.807) is 12.4 Å². The second kappa shape index (κ2) is 12.8. The van der Waals surface area contributed by atoms with Crippen molar-refractivity contribution in [3.63, 3.8) is 0 Å². The van der Waals surface area contributed by atoms with E-state index in [9.17, 15) is 29.1 Å². The number of aliphatic carboxylic acids is 1. The molecule has 3 unspecified atom stereocenters. The molecule has 0 spiro atoms. The van der Waals surface area contributed by atoms with Crippen molar-refractivity contribution in [2.24, 2.45) is 11.5 Å². The van der Waals surface area contributed by atoms with E-state index in [1.165, 1.54) is 0 Å². The molecule has 2 aromatic heterocycles. The minimum Gasteiger partial charge on any atom is -0.480 e.